The fourth-order valence-electron chi connectivity index (χ4n) is 2.11. The molecule has 16 heavy (non-hydrogen) atoms. The van der Waals surface area contributed by atoms with Gasteiger partial charge < -0.3 is 14.4 Å². The maximum atomic E-state index is 5.39. The Labute approximate surface area is 95.4 Å². The second kappa shape index (κ2) is 5.23. The summed E-state index contributed by atoms with van der Waals surface area (Å²) in [5, 5.41) is 0. The van der Waals surface area contributed by atoms with Crippen molar-refractivity contribution in [1.29, 1.82) is 0 Å². The minimum absolute atomic E-state index is 0.252. The summed E-state index contributed by atoms with van der Waals surface area (Å²) in [6.45, 7) is 1.54. The Morgan fingerprint density at radius 2 is 2.31 bits per heavy atom. The molecule has 0 spiro atoms. The summed E-state index contributed by atoms with van der Waals surface area (Å²) >= 11 is 0. The summed E-state index contributed by atoms with van der Waals surface area (Å²) in [6, 6.07) is 0.326. The predicted molar refractivity (Wildman–Crippen MR) is 60.5 cm³/mol. The van der Waals surface area contributed by atoms with Crippen LogP contribution >= 0.6 is 0 Å². The largest absolute Gasteiger partial charge is 0.383 e. The van der Waals surface area contributed by atoms with Crippen molar-refractivity contribution in [3.05, 3.63) is 18.6 Å². The van der Waals surface area contributed by atoms with Crippen LogP contribution in [-0.2, 0) is 9.47 Å². The van der Waals surface area contributed by atoms with Gasteiger partial charge in [-0.05, 0) is 6.42 Å². The van der Waals surface area contributed by atoms with E-state index in [4.69, 9.17) is 9.47 Å². The van der Waals surface area contributed by atoms with Crippen molar-refractivity contribution >= 4 is 5.82 Å². The van der Waals surface area contributed by atoms with Gasteiger partial charge in [-0.15, -0.1) is 0 Å². The second-order valence-corrected chi connectivity index (χ2v) is 3.92. The maximum Gasteiger partial charge on any atom is 0.147 e. The fourth-order valence-corrected chi connectivity index (χ4v) is 2.11. The first-order valence-corrected chi connectivity index (χ1v) is 5.39. The van der Waals surface area contributed by atoms with Crippen LogP contribution < -0.4 is 4.90 Å². The minimum Gasteiger partial charge on any atom is -0.383 e. The van der Waals surface area contributed by atoms with Crippen molar-refractivity contribution in [2.24, 2.45) is 0 Å². The van der Waals surface area contributed by atoms with Crippen LogP contribution in [0.25, 0.3) is 0 Å². The molecule has 2 rings (SSSR count). The number of ether oxygens (including phenoxy) is 2. The van der Waals surface area contributed by atoms with Crippen molar-refractivity contribution in [3.8, 4) is 0 Å². The lowest BCUT2D eigenvalue weighted by atomic mass is 10.2. The highest BCUT2D eigenvalue weighted by molar-refractivity contribution is 5.39. The van der Waals surface area contributed by atoms with Crippen molar-refractivity contribution in [1.82, 2.24) is 9.97 Å². The summed E-state index contributed by atoms with van der Waals surface area (Å²) in [5.74, 6) is 0.893. The average Bonchev–Trinajstić information content (AvgIpc) is 2.74. The third-order valence-electron chi connectivity index (χ3n) is 2.91. The highest BCUT2D eigenvalue weighted by atomic mass is 16.5. The molecule has 0 aliphatic carbocycles. The van der Waals surface area contributed by atoms with Gasteiger partial charge in [0.05, 0.1) is 24.9 Å². The molecule has 5 heteroatoms. The number of hydrogen-bond acceptors (Lipinski definition) is 5. The zero-order chi connectivity index (χ0) is 11.4. The molecule has 0 bridgehead atoms. The number of hydrogen-bond donors (Lipinski definition) is 0. The molecule has 0 unspecified atom stereocenters. The lowest BCUT2D eigenvalue weighted by Crippen LogP contribution is -2.33. The monoisotopic (exact) mass is 223 g/mol. The zero-order valence-electron chi connectivity index (χ0n) is 9.67. The van der Waals surface area contributed by atoms with E-state index in [0.29, 0.717) is 12.6 Å². The van der Waals surface area contributed by atoms with Gasteiger partial charge in [0.25, 0.3) is 0 Å². The van der Waals surface area contributed by atoms with Crippen LogP contribution in [0.5, 0.6) is 0 Å². The molecule has 2 atom stereocenters. The first-order chi connectivity index (χ1) is 7.85. The first kappa shape index (κ1) is 11.3. The van der Waals surface area contributed by atoms with Crippen molar-refractivity contribution in [2.75, 3.05) is 32.3 Å². The molecule has 2 heterocycles. The Hall–Kier alpha value is -1.20. The van der Waals surface area contributed by atoms with Gasteiger partial charge in [0, 0.05) is 33.2 Å². The summed E-state index contributed by atoms with van der Waals surface area (Å²) < 4.78 is 10.6. The van der Waals surface area contributed by atoms with E-state index in [-0.39, 0.29) is 6.10 Å². The molecule has 0 radical (unpaired) electrons. The van der Waals surface area contributed by atoms with Gasteiger partial charge in [-0.25, -0.2) is 4.98 Å². The molecule has 1 saturated heterocycles. The van der Waals surface area contributed by atoms with Crippen LogP contribution in [0.15, 0.2) is 18.6 Å². The molecule has 1 aliphatic heterocycles. The second-order valence-electron chi connectivity index (χ2n) is 3.92. The minimum atomic E-state index is 0.252. The smallest absolute Gasteiger partial charge is 0.147 e. The van der Waals surface area contributed by atoms with E-state index in [1.54, 1.807) is 32.8 Å². The zero-order valence-corrected chi connectivity index (χ0v) is 9.67. The Morgan fingerprint density at radius 3 is 2.94 bits per heavy atom. The van der Waals surface area contributed by atoms with E-state index in [2.05, 4.69) is 14.9 Å². The quantitative estimate of drug-likeness (QED) is 0.752. The summed E-state index contributed by atoms with van der Waals surface area (Å²) in [6.07, 6.45) is 6.39. The Morgan fingerprint density at radius 1 is 1.44 bits per heavy atom. The highest BCUT2D eigenvalue weighted by Crippen LogP contribution is 2.24. The van der Waals surface area contributed by atoms with E-state index >= 15 is 0 Å². The lowest BCUT2D eigenvalue weighted by molar-refractivity contribution is 0.111. The van der Waals surface area contributed by atoms with Gasteiger partial charge in [-0.3, -0.25) is 4.98 Å². The van der Waals surface area contributed by atoms with Gasteiger partial charge in [0.2, 0.25) is 0 Å². The van der Waals surface area contributed by atoms with E-state index < -0.39 is 0 Å². The predicted octanol–water partition coefficient (Wildman–Crippen LogP) is 0.717. The molecule has 0 N–H and O–H groups in total. The molecule has 1 aromatic heterocycles. The van der Waals surface area contributed by atoms with E-state index in [9.17, 15) is 0 Å². The van der Waals surface area contributed by atoms with E-state index in [0.717, 1.165) is 18.8 Å². The van der Waals surface area contributed by atoms with Crippen molar-refractivity contribution in [2.45, 2.75) is 18.6 Å². The lowest BCUT2D eigenvalue weighted by Gasteiger charge is -2.24. The number of nitrogens with zero attached hydrogens (tertiary/aromatic N) is 3. The Balaban J connectivity index is 2.12. The van der Waals surface area contributed by atoms with Crippen LogP contribution in [0.3, 0.4) is 0 Å². The normalized spacial score (nSPS) is 25.0. The fraction of sp³-hybridized carbons (Fsp3) is 0.636. The summed E-state index contributed by atoms with van der Waals surface area (Å²) in [4.78, 5) is 10.6. The Bertz CT molecular complexity index is 320. The van der Waals surface area contributed by atoms with Crippen molar-refractivity contribution < 1.29 is 9.47 Å². The molecule has 1 fully saturated rings. The number of rotatable bonds is 4. The topological polar surface area (TPSA) is 47.5 Å². The molecule has 0 amide bonds. The van der Waals surface area contributed by atoms with Gasteiger partial charge >= 0.3 is 0 Å². The number of anilines is 1. The molecule has 0 aromatic carbocycles. The molecular formula is C11H17N3O2. The molecular weight excluding hydrogens is 206 g/mol. The van der Waals surface area contributed by atoms with Crippen LogP contribution in [0.1, 0.15) is 6.42 Å². The average molecular weight is 223 g/mol. The number of methoxy groups -OCH3 is 2. The molecule has 1 aromatic rings. The maximum absolute atomic E-state index is 5.39. The van der Waals surface area contributed by atoms with Gasteiger partial charge in [0.1, 0.15) is 5.82 Å². The third kappa shape index (κ3) is 2.31. The van der Waals surface area contributed by atoms with Gasteiger partial charge in [-0.2, -0.15) is 0 Å². The van der Waals surface area contributed by atoms with E-state index in [1.165, 1.54) is 0 Å². The SMILES string of the molecule is COC[C@@H]1C[C@H](OC)CN1c1cnccn1. The van der Waals surface area contributed by atoms with E-state index in [1.807, 2.05) is 0 Å². The Kier molecular flexibility index (Phi) is 3.69. The van der Waals surface area contributed by atoms with Crippen LogP contribution in [0, 0.1) is 0 Å². The third-order valence-corrected chi connectivity index (χ3v) is 2.91. The molecule has 0 saturated carbocycles. The van der Waals surface area contributed by atoms with Gasteiger partial charge in [0.15, 0.2) is 0 Å². The van der Waals surface area contributed by atoms with Crippen LogP contribution in [-0.4, -0.2) is 49.5 Å². The number of aromatic nitrogens is 2. The molecule has 88 valence electrons. The standard InChI is InChI=1S/C11H17N3O2/c1-15-8-9-5-10(16-2)7-14(9)11-6-12-3-4-13-11/h3-4,6,9-10H,5,7-8H2,1-2H3/t9-,10-/m0/s1. The first-order valence-electron chi connectivity index (χ1n) is 5.39. The summed E-state index contributed by atoms with van der Waals surface area (Å²) in [7, 11) is 3.46. The van der Waals surface area contributed by atoms with Crippen LogP contribution in [0.4, 0.5) is 5.82 Å². The summed E-state index contributed by atoms with van der Waals surface area (Å²) in [5.41, 5.74) is 0. The van der Waals surface area contributed by atoms with Crippen molar-refractivity contribution in [3.63, 3.8) is 0 Å². The van der Waals surface area contributed by atoms with Gasteiger partial charge in [-0.1, -0.05) is 0 Å². The molecule has 5 nitrogen and oxygen atoms in total. The van der Waals surface area contributed by atoms with Crippen LogP contribution in [0.2, 0.25) is 0 Å². The molecule has 1 aliphatic rings. The highest BCUT2D eigenvalue weighted by Gasteiger charge is 2.32.